The molecular formula is C13H12N2O3. The summed E-state index contributed by atoms with van der Waals surface area (Å²) in [6.07, 6.45) is 0.797. The van der Waals surface area contributed by atoms with Gasteiger partial charge in [-0.2, -0.15) is 5.26 Å². The quantitative estimate of drug-likeness (QED) is 0.733. The molecule has 0 aliphatic carbocycles. The first-order valence-corrected chi connectivity index (χ1v) is 5.57. The van der Waals surface area contributed by atoms with Crippen LogP contribution in [0.3, 0.4) is 0 Å². The molecule has 0 spiro atoms. The van der Waals surface area contributed by atoms with Crippen molar-refractivity contribution in [2.45, 2.75) is 18.9 Å². The molecule has 2 rings (SSSR count). The molecule has 1 atom stereocenters. The Bertz CT molecular complexity index is 516. The van der Waals surface area contributed by atoms with E-state index >= 15 is 0 Å². The van der Waals surface area contributed by atoms with Crippen molar-refractivity contribution in [3.63, 3.8) is 0 Å². The first-order chi connectivity index (χ1) is 8.67. The van der Waals surface area contributed by atoms with E-state index < -0.39 is 12.0 Å². The number of esters is 1. The van der Waals surface area contributed by atoms with Crippen LogP contribution >= 0.6 is 0 Å². The average molecular weight is 244 g/mol. The highest BCUT2D eigenvalue weighted by molar-refractivity contribution is 6.02. The summed E-state index contributed by atoms with van der Waals surface area (Å²) in [5.74, 6) is -0.514. The summed E-state index contributed by atoms with van der Waals surface area (Å²) < 4.78 is 4.69. The summed E-state index contributed by atoms with van der Waals surface area (Å²) >= 11 is 0. The fraction of sp³-hybridized carbons (Fsp3) is 0.308. The van der Waals surface area contributed by atoms with Crippen LogP contribution in [0.2, 0.25) is 0 Å². The predicted octanol–water partition coefficient (Wildman–Crippen LogP) is 1.23. The Hall–Kier alpha value is -2.35. The largest absolute Gasteiger partial charge is 0.467 e. The number of benzene rings is 1. The van der Waals surface area contributed by atoms with Gasteiger partial charge in [-0.15, -0.1) is 0 Å². The van der Waals surface area contributed by atoms with Gasteiger partial charge >= 0.3 is 5.97 Å². The molecule has 1 unspecified atom stereocenters. The van der Waals surface area contributed by atoms with Gasteiger partial charge in [0, 0.05) is 12.1 Å². The number of amides is 1. The van der Waals surface area contributed by atoms with Gasteiger partial charge in [0.1, 0.15) is 6.04 Å². The molecule has 92 valence electrons. The molecule has 1 saturated heterocycles. The van der Waals surface area contributed by atoms with Gasteiger partial charge in [0.25, 0.3) is 0 Å². The number of carbonyl (C=O) groups excluding carboxylic acids is 2. The molecule has 0 bridgehead atoms. The highest BCUT2D eigenvalue weighted by atomic mass is 16.5. The van der Waals surface area contributed by atoms with Crippen LogP contribution in [0, 0.1) is 11.3 Å². The van der Waals surface area contributed by atoms with Gasteiger partial charge in [0.2, 0.25) is 5.91 Å². The maximum atomic E-state index is 11.8. The van der Waals surface area contributed by atoms with Gasteiger partial charge < -0.3 is 4.74 Å². The molecule has 18 heavy (non-hydrogen) atoms. The van der Waals surface area contributed by atoms with E-state index in [4.69, 9.17) is 10.00 Å². The van der Waals surface area contributed by atoms with Crippen molar-refractivity contribution in [2.24, 2.45) is 0 Å². The van der Waals surface area contributed by atoms with Crippen molar-refractivity contribution in [3.8, 4) is 6.07 Å². The predicted molar refractivity (Wildman–Crippen MR) is 63.7 cm³/mol. The Kier molecular flexibility index (Phi) is 3.28. The van der Waals surface area contributed by atoms with Crippen LogP contribution in [-0.4, -0.2) is 25.0 Å². The average Bonchev–Trinajstić information content (AvgIpc) is 2.80. The number of anilines is 1. The minimum atomic E-state index is -0.560. The molecule has 1 aliphatic heterocycles. The lowest BCUT2D eigenvalue weighted by Crippen LogP contribution is -2.39. The monoisotopic (exact) mass is 244 g/mol. The topological polar surface area (TPSA) is 70.4 Å². The Morgan fingerprint density at radius 1 is 1.44 bits per heavy atom. The molecule has 1 amide bonds. The van der Waals surface area contributed by atoms with Crippen molar-refractivity contribution in [1.82, 2.24) is 0 Å². The second kappa shape index (κ2) is 4.88. The summed E-state index contributed by atoms with van der Waals surface area (Å²) in [6.45, 7) is 0. The Balaban J connectivity index is 2.31. The lowest BCUT2D eigenvalue weighted by atomic mass is 10.2. The summed E-state index contributed by atoms with van der Waals surface area (Å²) in [5.41, 5.74) is 1.13. The molecule has 1 aromatic carbocycles. The molecule has 5 heteroatoms. The molecule has 0 saturated carbocycles. The maximum absolute atomic E-state index is 11.8. The fourth-order valence-electron chi connectivity index (χ4n) is 2.06. The fourth-order valence-corrected chi connectivity index (χ4v) is 2.06. The lowest BCUT2D eigenvalue weighted by molar-refractivity contribution is -0.142. The third-order valence-corrected chi connectivity index (χ3v) is 2.96. The molecule has 1 aromatic rings. The summed E-state index contributed by atoms with van der Waals surface area (Å²) in [5, 5.41) is 8.72. The van der Waals surface area contributed by atoms with E-state index in [0.717, 1.165) is 0 Å². The number of rotatable bonds is 2. The number of nitrogens with zero attached hydrogens (tertiary/aromatic N) is 2. The molecule has 0 N–H and O–H groups in total. The van der Waals surface area contributed by atoms with Crippen LogP contribution in [0.5, 0.6) is 0 Å². The van der Waals surface area contributed by atoms with Crippen LogP contribution in [0.15, 0.2) is 24.3 Å². The third kappa shape index (κ3) is 2.05. The smallest absolute Gasteiger partial charge is 0.328 e. The van der Waals surface area contributed by atoms with Crippen LogP contribution < -0.4 is 4.90 Å². The number of carbonyl (C=O) groups is 2. The second-order valence-electron chi connectivity index (χ2n) is 4.00. The Morgan fingerprint density at radius 3 is 2.67 bits per heavy atom. The van der Waals surface area contributed by atoms with Crippen molar-refractivity contribution >= 4 is 17.6 Å². The van der Waals surface area contributed by atoms with Gasteiger partial charge in [-0.3, -0.25) is 9.69 Å². The van der Waals surface area contributed by atoms with Crippen LogP contribution in [0.1, 0.15) is 18.4 Å². The van der Waals surface area contributed by atoms with Gasteiger partial charge in [0.15, 0.2) is 0 Å². The SMILES string of the molecule is COC(=O)C1CCC(=O)N1c1ccc(C#N)cc1. The number of ether oxygens (including phenoxy) is 1. The molecule has 1 heterocycles. The zero-order chi connectivity index (χ0) is 13.1. The Morgan fingerprint density at radius 2 is 2.11 bits per heavy atom. The van der Waals surface area contributed by atoms with E-state index in [1.54, 1.807) is 24.3 Å². The molecule has 1 aliphatic rings. The van der Waals surface area contributed by atoms with Gasteiger partial charge in [-0.1, -0.05) is 0 Å². The van der Waals surface area contributed by atoms with Crippen molar-refractivity contribution < 1.29 is 14.3 Å². The molecular weight excluding hydrogens is 232 g/mol. The molecule has 0 radical (unpaired) electrons. The van der Waals surface area contributed by atoms with E-state index in [2.05, 4.69) is 0 Å². The number of hydrogen-bond acceptors (Lipinski definition) is 4. The Labute approximate surface area is 105 Å². The molecule has 1 fully saturated rings. The third-order valence-electron chi connectivity index (χ3n) is 2.96. The van der Waals surface area contributed by atoms with Crippen molar-refractivity contribution in [2.75, 3.05) is 12.0 Å². The van der Waals surface area contributed by atoms with E-state index in [0.29, 0.717) is 24.1 Å². The summed E-state index contributed by atoms with van der Waals surface area (Å²) in [6, 6.07) is 8.02. The second-order valence-corrected chi connectivity index (χ2v) is 4.00. The first kappa shape index (κ1) is 12.1. The minimum absolute atomic E-state index is 0.102. The lowest BCUT2D eigenvalue weighted by Gasteiger charge is -2.22. The van der Waals surface area contributed by atoms with Crippen LogP contribution in [0.25, 0.3) is 0 Å². The highest BCUT2D eigenvalue weighted by Gasteiger charge is 2.37. The molecule has 0 aromatic heterocycles. The minimum Gasteiger partial charge on any atom is -0.467 e. The zero-order valence-corrected chi connectivity index (χ0v) is 9.92. The molecule has 5 nitrogen and oxygen atoms in total. The maximum Gasteiger partial charge on any atom is 0.328 e. The van der Waals surface area contributed by atoms with Gasteiger partial charge in [-0.25, -0.2) is 4.79 Å². The van der Waals surface area contributed by atoms with Gasteiger partial charge in [0.05, 0.1) is 18.7 Å². The van der Waals surface area contributed by atoms with E-state index in [1.807, 2.05) is 6.07 Å². The number of methoxy groups -OCH3 is 1. The van der Waals surface area contributed by atoms with E-state index in [1.165, 1.54) is 12.0 Å². The van der Waals surface area contributed by atoms with Crippen molar-refractivity contribution in [3.05, 3.63) is 29.8 Å². The van der Waals surface area contributed by atoms with Gasteiger partial charge in [-0.05, 0) is 30.7 Å². The summed E-state index contributed by atoms with van der Waals surface area (Å²) in [4.78, 5) is 24.8. The van der Waals surface area contributed by atoms with Crippen LogP contribution in [0.4, 0.5) is 5.69 Å². The standard InChI is InChI=1S/C13H12N2O3/c1-18-13(17)11-6-7-12(16)15(11)10-4-2-9(8-14)3-5-10/h2-5,11H,6-7H2,1H3. The number of nitriles is 1. The highest BCUT2D eigenvalue weighted by Crippen LogP contribution is 2.27. The van der Waals surface area contributed by atoms with Crippen LogP contribution in [-0.2, 0) is 14.3 Å². The van der Waals surface area contributed by atoms with Crippen molar-refractivity contribution in [1.29, 1.82) is 5.26 Å². The van der Waals surface area contributed by atoms with E-state index in [9.17, 15) is 9.59 Å². The van der Waals surface area contributed by atoms with E-state index in [-0.39, 0.29) is 5.91 Å². The zero-order valence-electron chi connectivity index (χ0n) is 9.92. The summed E-state index contributed by atoms with van der Waals surface area (Å²) in [7, 11) is 1.31. The number of hydrogen-bond donors (Lipinski definition) is 0. The normalized spacial score (nSPS) is 18.6. The first-order valence-electron chi connectivity index (χ1n) is 5.57.